The van der Waals surface area contributed by atoms with Crippen LogP contribution in [0.4, 0.5) is 0 Å². The molecule has 4 rings (SSSR count). The highest BCUT2D eigenvalue weighted by atomic mass is 14.5. The van der Waals surface area contributed by atoms with E-state index in [4.69, 9.17) is 5.73 Å². The lowest BCUT2D eigenvalue weighted by molar-refractivity contribution is 1.25. The first-order chi connectivity index (χ1) is 20.8. The first-order valence-electron chi connectivity index (χ1n) is 14.6. The van der Waals surface area contributed by atoms with Crippen molar-refractivity contribution in [3.8, 4) is 22.3 Å². The monoisotopic (exact) mass is 559 g/mol. The molecule has 2 N–H and O–H groups in total. The number of hydrogen-bond acceptors (Lipinski definition) is 1. The zero-order valence-corrected chi connectivity index (χ0v) is 25.7. The lowest BCUT2D eigenvalue weighted by Gasteiger charge is -2.22. The van der Waals surface area contributed by atoms with Gasteiger partial charge in [-0.05, 0) is 98.3 Å². The summed E-state index contributed by atoms with van der Waals surface area (Å²) in [5.74, 6) is 0. The molecule has 0 unspecified atom stereocenters. The van der Waals surface area contributed by atoms with Gasteiger partial charge in [0.1, 0.15) is 0 Å². The number of hydrogen-bond donors (Lipinski definition) is 1. The molecule has 0 saturated carbocycles. The lowest BCUT2D eigenvalue weighted by atomic mass is 9.81. The van der Waals surface area contributed by atoms with Gasteiger partial charge < -0.3 is 5.73 Å². The molecule has 0 radical (unpaired) electrons. The van der Waals surface area contributed by atoms with Gasteiger partial charge in [-0.3, -0.25) is 0 Å². The molecule has 0 aromatic heterocycles. The van der Waals surface area contributed by atoms with E-state index in [0.717, 1.165) is 83.1 Å². The van der Waals surface area contributed by atoms with Crippen LogP contribution in [0.2, 0.25) is 0 Å². The molecule has 0 aliphatic heterocycles. The average Bonchev–Trinajstić information content (AvgIpc) is 3.04. The molecule has 0 aliphatic rings. The number of fused-ring (bicyclic) bond motifs is 1. The van der Waals surface area contributed by atoms with Crippen molar-refractivity contribution in [2.45, 2.75) is 20.8 Å². The van der Waals surface area contributed by atoms with E-state index < -0.39 is 0 Å². The Hall–Kier alpha value is -4.98. The third-order valence-electron chi connectivity index (χ3n) is 7.89. The van der Waals surface area contributed by atoms with E-state index in [1.54, 1.807) is 0 Å². The predicted molar refractivity (Wildman–Crippen MR) is 195 cm³/mol. The molecule has 0 bridgehead atoms. The number of allylic oxidation sites excluding steroid dienone is 7. The van der Waals surface area contributed by atoms with E-state index in [9.17, 15) is 0 Å². The molecule has 43 heavy (non-hydrogen) atoms. The summed E-state index contributed by atoms with van der Waals surface area (Å²) < 4.78 is 0. The van der Waals surface area contributed by atoms with Crippen molar-refractivity contribution in [3.63, 3.8) is 0 Å². The second-order valence-corrected chi connectivity index (χ2v) is 10.6. The SMILES string of the molecule is C=Cc1c(C(=C)/C(C)=C/C=C\C)cccc1-c1c(C=C)c(C=C)c(-c2ccc(/C(=C/CN)C(=C)C)cc2)c2ccccc12. The van der Waals surface area contributed by atoms with Gasteiger partial charge in [-0.25, -0.2) is 0 Å². The minimum absolute atomic E-state index is 0.465. The Bertz CT molecular complexity index is 1830. The van der Waals surface area contributed by atoms with E-state index >= 15 is 0 Å². The molecule has 0 saturated heterocycles. The number of nitrogens with two attached hydrogens (primary N) is 1. The zero-order valence-electron chi connectivity index (χ0n) is 25.7. The number of benzene rings is 4. The molecule has 0 aliphatic carbocycles. The standard InChI is InChI=1S/C42H41N/c1-9-13-17-29(7)30(8)37-20-16-21-38(33(37)10-2)42-35(12-4)34(11-3)41(39-18-14-15-19-40(39)42)32-24-22-31(23-25-32)36(26-27-43)28(5)6/h9-26H,2-5,8,27,43H2,1,6-7H3/b13-9-,29-17+,36-26+. The van der Waals surface area contributed by atoms with Gasteiger partial charge in [-0.1, -0.05) is 148 Å². The normalized spacial score (nSPS) is 12.0. The van der Waals surface area contributed by atoms with Gasteiger partial charge in [0, 0.05) is 6.54 Å². The molecule has 0 heterocycles. The van der Waals surface area contributed by atoms with Crippen molar-refractivity contribution in [1.29, 1.82) is 0 Å². The van der Waals surface area contributed by atoms with Gasteiger partial charge in [-0.15, -0.1) is 0 Å². The van der Waals surface area contributed by atoms with Gasteiger partial charge in [0.25, 0.3) is 0 Å². The first-order valence-corrected chi connectivity index (χ1v) is 14.6. The van der Waals surface area contributed by atoms with Crippen LogP contribution in [0, 0.1) is 0 Å². The van der Waals surface area contributed by atoms with Gasteiger partial charge in [0.05, 0.1) is 0 Å². The maximum atomic E-state index is 5.85. The van der Waals surface area contributed by atoms with Crippen LogP contribution in [0.25, 0.3) is 62.4 Å². The molecule has 4 aromatic carbocycles. The molecule has 4 aromatic rings. The van der Waals surface area contributed by atoms with Crippen LogP contribution < -0.4 is 5.73 Å². The smallest absolute Gasteiger partial charge is 0.0116 e. The summed E-state index contributed by atoms with van der Waals surface area (Å²) in [7, 11) is 0. The van der Waals surface area contributed by atoms with Gasteiger partial charge in [-0.2, -0.15) is 0 Å². The highest BCUT2D eigenvalue weighted by Gasteiger charge is 2.21. The van der Waals surface area contributed by atoms with Crippen molar-refractivity contribution in [1.82, 2.24) is 0 Å². The molecular weight excluding hydrogens is 518 g/mol. The van der Waals surface area contributed by atoms with Gasteiger partial charge >= 0.3 is 0 Å². The summed E-state index contributed by atoms with van der Waals surface area (Å²) in [4.78, 5) is 0. The second-order valence-electron chi connectivity index (χ2n) is 10.6. The molecule has 0 fully saturated rings. The lowest BCUT2D eigenvalue weighted by Crippen LogP contribution is -1.99. The van der Waals surface area contributed by atoms with Gasteiger partial charge in [0.2, 0.25) is 0 Å². The van der Waals surface area contributed by atoms with E-state index in [1.807, 2.05) is 50.3 Å². The fourth-order valence-corrected chi connectivity index (χ4v) is 5.80. The summed E-state index contributed by atoms with van der Waals surface area (Å²) in [5.41, 5.74) is 19.7. The fourth-order valence-electron chi connectivity index (χ4n) is 5.80. The minimum atomic E-state index is 0.465. The summed E-state index contributed by atoms with van der Waals surface area (Å²) in [6, 6.07) is 23.6. The average molecular weight is 560 g/mol. The van der Waals surface area contributed by atoms with Crippen LogP contribution in [0.1, 0.15) is 48.6 Å². The summed E-state index contributed by atoms with van der Waals surface area (Å²) in [6.07, 6.45) is 14.0. The topological polar surface area (TPSA) is 26.0 Å². The van der Waals surface area contributed by atoms with E-state index in [1.165, 1.54) is 0 Å². The fraction of sp³-hybridized carbons (Fsp3) is 0.0952. The Kier molecular flexibility index (Phi) is 9.93. The van der Waals surface area contributed by atoms with Crippen LogP contribution in [0.15, 0.2) is 135 Å². The molecule has 0 spiro atoms. The highest BCUT2D eigenvalue weighted by Crippen LogP contribution is 2.45. The third kappa shape index (κ3) is 6.00. The van der Waals surface area contributed by atoms with Crippen molar-refractivity contribution in [2.24, 2.45) is 5.73 Å². The largest absolute Gasteiger partial charge is 0.327 e. The number of rotatable bonds is 11. The van der Waals surface area contributed by atoms with Crippen LogP contribution in [0.5, 0.6) is 0 Å². The Morgan fingerprint density at radius 1 is 0.744 bits per heavy atom. The van der Waals surface area contributed by atoms with Crippen molar-refractivity contribution >= 4 is 40.1 Å². The molecule has 1 nitrogen and oxygen atoms in total. The predicted octanol–water partition coefficient (Wildman–Crippen LogP) is 11.6. The van der Waals surface area contributed by atoms with E-state index in [-0.39, 0.29) is 0 Å². The van der Waals surface area contributed by atoms with Crippen molar-refractivity contribution in [2.75, 3.05) is 6.54 Å². The molecule has 0 amide bonds. The van der Waals surface area contributed by atoms with E-state index in [2.05, 4.69) is 113 Å². The maximum absolute atomic E-state index is 5.85. The quantitative estimate of drug-likeness (QED) is 0.182. The Morgan fingerprint density at radius 3 is 1.91 bits per heavy atom. The molecule has 214 valence electrons. The highest BCUT2D eigenvalue weighted by molar-refractivity contribution is 6.12. The summed E-state index contributed by atoms with van der Waals surface area (Å²) >= 11 is 0. The third-order valence-corrected chi connectivity index (χ3v) is 7.89. The summed E-state index contributed by atoms with van der Waals surface area (Å²) in [5, 5.41) is 2.28. The Balaban J connectivity index is 2.05. The van der Waals surface area contributed by atoms with Crippen LogP contribution in [0.3, 0.4) is 0 Å². The van der Waals surface area contributed by atoms with Crippen molar-refractivity contribution < 1.29 is 0 Å². The van der Waals surface area contributed by atoms with Crippen LogP contribution in [-0.4, -0.2) is 6.54 Å². The maximum Gasteiger partial charge on any atom is 0.0116 e. The molecule has 1 heteroatoms. The minimum Gasteiger partial charge on any atom is -0.327 e. The summed E-state index contributed by atoms with van der Waals surface area (Å²) in [6.45, 7) is 28.0. The van der Waals surface area contributed by atoms with E-state index in [0.29, 0.717) is 6.54 Å². The zero-order chi connectivity index (χ0) is 31.1. The Morgan fingerprint density at radius 2 is 1.35 bits per heavy atom. The van der Waals surface area contributed by atoms with Crippen molar-refractivity contribution in [3.05, 3.63) is 163 Å². The molecular formula is C42H41N. The Labute approximate surface area is 257 Å². The first kappa shape index (κ1) is 31.0. The van der Waals surface area contributed by atoms with Crippen LogP contribution >= 0.6 is 0 Å². The molecule has 0 atom stereocenters. The second kappa shape index (κ2) is 13.8. The van der Waals surface area contributed by atoms with Gasteiger partial charge in [0.15, 0.2) is 0 Å². The van der Waals surface area contributed by atoms with Crippen LogP contribution in [-0.2, 0) is 0 Å².